The highest BCUT2D eigenvalue weighted by atomic mass is 16.6. The topological polar surface area (TPSA) is 78.4 Å². The molecule has 2 heterocycles. The van der Waals surface area contributed by atoms with Gasteiger partial charge in [0.05, 0.1) is 13.7 Å². The second-order valence-corrected chi connectivity index (χ2v) is 8.63. The SMILES string of the molecule is CCOC(=O)N1CCC(NC(=NC)NCC2CCN(Cc3ccc(OC)cc3)CC2)CC1. The average Bonchev–Trinajstić information content (AvgIpc) is 2.83. The van der Waals surface area contributed by atoms with E-state index in [1.165, 1.54) is 18.4 Å². The molecule has 0 atom stereocenters. The third kappa shape index (κ3) is 7.29. The maximum atomic E-state index is 11.9. The van der Waals surface area contributed by atoms with Crippen LogP contribution >= 0.6 is 0 Å². The van der Waals surface area contributed by atoms with E-state index in [-0.39, 0.29) is 6.09 Å². The summed E-state index contributed by atoms with van der Waals surface area (Å²) in [5.74, 6) is 2.43. The molecule has 1 aromatic rings. The van der Waals surface area contributed by atoms with E-state index < -0.39 is 0 Å². The predicted molar refractivity (Wildman–Crippen MR) is 127 cm³/mol. The first kappa shape index (κ1) is 24.2. The molecule has 3 rings (SSSR count). The molecular formula is C24H39N5O3. The minimum absolute atomic E-state index is 0.202. The Kier molecular flexibility index (Phi) is 9.46. The highest BCUT2D eigenvalue weighted by molar-refractivity contribution is 5.80. The van der Waals surface area contributed by atoms with Crippen molar-refractivity contribution in [3.05, 3.63) is 29.8 Å². The summed E-state index contributed by atoms with van der Waals surface area (Å²) in [6, 6.07) is 8.70. The number of nitrogens with one attached hydrogen (secondary N) is 2. The molecule has 1 aromatic carbocycles. The van der Waals surface area contributed by atoms with E-state index in [1.54, 1.807) is 12.0 Å². The summed E-state index contributed by atoms with van der Waals surface area (Å²) in [4.78, 5) is 20.6. The Morgan fingerprint density at radius 3 is 2.38 bits per heavy atom. The maximum absolute atomic E-state index is 11.9. The zero-order valence-electron chi connectivity index (χ0n) is 19.8. The molecule has 0 saturated carbocycles. The minimum atomic E-state index is -0.202. The van der Waals surface area contributed by atoms with Crippen LogP contribution in [-0.4, -0.2) is 81.4 Å². The number of benzene rings is 1. The van der Waals surface area contributed by atoms with E-state index in [9.17, 15) is 4.79 Å². The number of hydrogen-bond acceptors (Lipinski definition) is 5. The largest absolute Gasteiger partial charge is 0.497 e. The highest BCUT2D eigenvalue weighted by Gasteiger charge is 2.24. The fraction of sp³-hybridized carbons (Fsp3) is 0.667. The van der Waals surface area contributed by atoms with Crippen molar-refractivity contribution in [1.29, 1.82) is 0 Å². The second-order valence-electron chi connectivity index (χ2n) is 8.63. The lowest BCUT2D eigenvalue weighted by molar-refractivity contribution is 0.0963. The molecule has 0 bridgehead atoms. The smallest absolute Gasteiger partial charge is 0.409 e. The van der Waals surface area contributed by atoms with E-state index in [4.69, 9.17) is 9.47 Å². The van der Waals surface area contributed by atoms with Crippen molar-refractivity contribution < 1.29 is 14.3 Å². The molecule has 2 aliphatic heterocycles. The third-order valence-electron chi connectivity index (χ3n) is 6.42. The van der Waals surface area contributed by atoms with Crippen LogP contribution in [0, 0.1) is 5.92 Å². The molecule has 32 heavy (non-hydrogen) atoms. The number of likely N-dealkylation sites (tertiary alicyclic amines) is 2. The van der Waals surface area contributed by atoms with Crippen molar-refractivity contribution in [2.75, 3.05) is 53.5 Å². The lowest BCUT2D eigenvalue weighted by Crippen LogP contribution is -2.50. The van der Waals surface area contributed by atoms with Gasteiger partial charge in [0.2, 0.25) is 0 Å². The van der Waals surface area contributed by atoms with Crippen LogP contribution < -0.4 is 15.4 Å². The number of methoxy groups -OCH3 is 1. The van der Waals surface area contributed by atoms with Gasteiger partial charge in [-0.25, -0.2) is 4.79 Å². The van der Waals surface area contributed by atoms with Gasteiger partial charge in [-0.05, 0) is 69.3 Å². The normalized spacial score (nSPS) is 19.0. The van der Waals surface area contributed by atoms with Crippen molar-refractivity contribution in [3.8, 4) is 5.75 Å². The van der Waals surface area contributed by atoms with Gasteiger partial charge < -0.3 is 25.0 Å². The molecule has 0 radical (unpaired) electrons. The van der Waals surface area contributed by atoms with Crippen LogP contribution in [-0.2, 0) is 11.3 Å². The average molecular weight is 446 g/mol. The molecule has 1 amide bonds. The number of guanidine groups is 1. The van der Waals surface area contributed by atoms with Crippen molar-refractivity contribution >= 4 is 12.1 Å². The van der Waals surface area contributed by atoms with E-state index in [0.717, 1.165) is 63.8 Å². The number of carbonyl (C=O) groups excluding carboxylic acids is 1. The van der Waals surface area contributed by atoms with E-state index in [2.05, 4.69) is 32.7 Å². The van der Waals surface area contributed by atoms with Crippen LogP contribution in [0.2, 0.25) is 0 Å². The number of hydrogen-bond donors (Lipinski definition) is 2. The van der Waals surface area contributed by atoms with Gasteiger partial charge >= 0.3 is 6.09 Å². The first-order valence-electron chi connectivity index (χ1n) is 11.9. The predicted octanol–water partition coefficient (Wildman–Crippen LogP) is 2.69. The van der Waals surface area contributed by atoms with Crippen LogP contribution in [0.15, 0.2) is 29.3 Å². The number of amides is 1. The highest BCUT2D eigenvalue weighted by Crippen LogP contribution is 2.20. The zero-order chi connectivity index (χ0) is 22.8. The van der Waals surface area contributed by atoms with E-state index in [1.807, 2.05) is 26.1 Å². The Labute approximate surface area is 192 Å². The molecule has 2 N–H and O–H groups in total. The summed E-state index contributed by atoms with van der Waals surface area (Å²) in [5, 5.41) is 7.05. The number of carbonyl (C=O) groups is 1. The van der Waals surface area contributed by atoms with Crippen LogP contribution in [0.1, 0.15) is 38.2 Å². The monoisotopic (exact) mass is 445 g/mol. The lowest BCUT2D eigenvalue weighted by Gasteiger charge is -2.34. The van der Waals surface area contributed by atoms with Gasteiger partial charge in [-0.2, -0.15) is 0 Å². The first-order valence-corrected chi connectivity index (χ1v) is 11.9. The molecule has 0 aromatic heterocycles. The van der Waals surface area contributed by atoms with E-state index >= 15 is 0 Å². The summed E-state index contributed by atoms with van der Waals surface area (Å²) >= 11 is 0. The van der Waals surface area contributed by atoms with Crippen molar-refractivity contribution in [3.63, 3.8) is 0 Å². The summed E-state index contributed by atoms with van der Waals surface area (Å²) in [6.45, 7) is 7.89. The molecule has 8 nitrogen and oxygen atoms in total. The van der Waals surface area contributed by atoms with Crippen LogP contribution in [0.25, 0.3) is 0 Å². The van der Waals surface area contributed by atoms with Crippen LogP contribution in [0.3, 0.4) is 0 Å². The van der Waals surface area contributed by atoms with Gasteiger partial charge in [-0.1, -0.05) is 12.1 Å². The Hall–Kier alpha value is -2.48. The lowest BCUT2D eigenvalue weighted by atomic mass is 9.96. The van der Waals surface area contributed by atoms with Crippen molar-refractivity contribution in [2.24, 2.45) is 10.9 Å². The van der Waals surface area contributed by atoms with Gasteiger partial charge in [0.1, 0.15) is 5.75 Å². The Morgan fingerprint density at radius 2 is 1.78 bits per heavy atom. The molecule has 0 aliphatic carbocycles. The molecule has 178 valence electrons. The number of rotatable bonds is 7. The second kappa shape index (κ2) is 12.5. The molecule has 2 aliphatic rings. The summed E-state index contributed by atoms with van der Waals surface area (Å²) in [5.41, 5.74) is 1.33. The number of nitrogens with zero attached hydrogens (tertiary/aromatic N) is 3. The fourth-order valence-corrected chi connectivity index (χ4v) is 4.39. The molecule has 0 spiro atoms. The standard InChI is InChI=1S/C24H39N5O3/c1-4-32-24(30)29-15-11-21(12-16-29)27-23(25-2)26-17-19-9-13-28(14-10-19)18-20-5-7-22(31-3)8-6-20/h5-8,19,21H,4,9-18H2,1-3H3,(H2,25,26,27). The molecule has 8 heteroatoms. The van der Waals surface area contributed by atoms with Gasteiger partial charge in [0, 0.05) is 39.3 Å². The Balaban J connectivity index is 1.33. The Bertz CT molecular complexity index is 724. The minimum Gasteiger partial charge on any atom is -0.497 e. The number of piperidine rings is 2. The summed E-state index contributed by atoms with van der Waals surface area (Å²) in [7, 11) is 3.52. The summed E-state index contributed by atoms with van der Waals surface area (Å²) in [6.07, 6.45) is 4.00. The van der Waals surface area contributed by atoms with Gasteiger partial charge in [-0.15, -0.1) is 0 Å². The molecule has 0 unspecified atom stereocenters. The number of aliphatic imine (C=N–C) groups is 1. The van der Waals surface area contributed by atoms with Crippen molar-refractivity contribution in [1.82, 2.24) is 20.4 Å². The van der Waals surface area contributed by atoms with Gasteiger partial charge in [0.15, 0.2) is 5.96 Å². The number of ether oxygens (including phenoxy) is 2. The first-order chi connectivity index (χ1) is 15.6. The summed E-state index contributed by atoms with van der Waals surface area (Å²) < 4.78 is 10.3. The third-order valence-corrected chi connectivity index (χ3v) is 6.42. The zero-order valence-corrected chi connectivity index (χ0v) is 19.8. The van der Waals surface area contributed by atoms with Gasteiger partial charge in [-0.3, -0.25) is 9.89 Å². The van der Waals surface area contributed by atoms with Crippen LogP contribution in [0.4, 0.5) is 4.79 Å². The Morgan fingerprint density at radius 1 is 1.09 bits per heavy atom. The maximum Gasteiger partial charge on any atom is 0.409 e. The fourth-order valence-electron chi connectivity index (χ4n) is 4.39. The van der Waals surface area contributed by atoms with Crippen molar-refractivity contribution in [2.45, 2.75) is 45.2 Å². The molecular weight excluding hydrogens is 406 g/mol. The quantitative estimate of drug-likeness (QED) is 0.496. The molecule has 2 fully saturated rings. The van der Waals surface area contributed by atoms with Crippen LogP contribution in [0.5, 0.6) is 5.75 Å². The van der Waals surface area contributed by atoms with Gasteiger partial charge in [0.25, 0.3) is 0 Å². The van der Waals surface area contributed by atoms with E-state index in [0.29, 0.717) is 18.6 Å². The molecule has 2 saturated heterocycles.